The highest BCUT2D eigenvalue weighted by molar-refractivity contribution is 5.91. The number of halogens is 3. The van der Waals surface area contributed by atoms with Crippen LogP contribution < -0.4 is 9.64 Å². The number of para-hydroxylation sites is 1. The number of nitrogens with zero attached hydrogens (tertiary/aromatic N) is 2. The molecule has 38 heavy (non-hydrogen) atoms. The average molecular weight is 509 g/mol. The number of aryl methyl sites for hydroxylation is 2. The maximum atomic E-state index is 13.7. The van der Waals surface area contributed by atoms with Crippen molar-refractivity contribution in [1.29, 1.82) is 0 Å². The third-order valence-corrected chi connectivity index (χ3v) is 6.24. The molecule has 4 aromatic rings. The van der Waals surface area contributed by atoms with E-state index in [0.29, 0.717) is 5.56 Å². The minimum absolute atomic E-state index is 0.199. The zero-order chi connectivity index (χ0) is 26.9. The second-order valence-corrected chi connectivity index (χ2v) is 9.04. The van der Waals surface area contributed by atoms with Gasteiger partial charge in [0.25, 0.3) is 5.70 Å². The first kappa shape index (κ1) is 24.9. The first-order chi connectivity index (χ1) is 18.2. The Hall–Kier alpha value is -4.76. The first-order valence-corrected chi connectivity index (χ1v) is 12.0. The molecular weight excluding hydrogens is 485 g/mol. The van der Waals surface area contributed by atoms with E-state index in [0.717, 1.165) is 28.2 Å². The van der Waals surface area contributed by atoms with E-state index >= 15 is 0 Å². The molecular formula is C32H23F3N2O. The zero-order valence-electron chi connectivity index (χ0n) is 20.8. The summed E-state index contributed by atoms with van der Waals surface area (Å²) in [7, 11) is 0. The topological polar surface area (TPSA) is 16.8 Å². The standard InChI is InChI=1S/C32H23F3N2O/c1-21-8-6-10-25(18-21)37(26-11-7-9-22(2)19-26)24-16-14-23(15-17-24)30-20-28(31(36-3)32(33,34)35)27-12-4-5-13-29(27)38-30/h4-20H,1-2H3. The van der Waals surface area contributed by atoms with Gasteiger partial charge in [0.2, 0.25) is 0 Å². The Morgan fingerprint density at radius 1 is 0.763 bits per heavy atom. The molecule has 0 amide bonds. The first-order valence-electron chi connectivity index (χ1n) is 12.0. The van der Waals surface area contributed by atoms with Crippen molar-refractivity contribution in [2.75, 3.05) is 4.90 Å². The third kappa shape index (κ3) is 4.91. The molecule has 0 bridgehead atoms. The van der Waals surface area contributed by atoms with Crippen LogP contribution in [0.25, 0.3) is 16.2 Å². The van der Waals surface area contributed by atoms with E-state index in [9.17, 15) is 13.2 Å². The predicted octanol–water partition coefficient (Wildman–Crippen LogP) is 9.40. The lowest BCUT2D eigenvalue weighted by atomic mass is 9.97. The lowest BCUT2D eigenvalue weighted by Crippen LogP contribution is -2.13. The number of ether oxygens (including phenoxy) is 1. The van der Waals surface area contributed by atoms with Crippen LogP contribution in [-0.4, -0.2) is 6.18 Å². The van der Waals surface area contributed by atoms with Crippen LogP contribution in [0.3, 0.4) is 0 Å². The molecule has 0 fully saturated rings. The Kier molecular flexibility index (Phi) is 6.52. The minimum atomic E-state index is -4.78. The van der Waals surface area contributed by atoms with Gasteiger partial charge in [0.05, 0.1) is 6.57 Å². The molecule has 0 spiro atoms. The van der Waals surface area contributed by atoms with Crippen molar-refractivity contribution < 1.29 is 17.9 Å². The van der Waals surface area contributed by atoms with E-state index in [2.05, 4.69) is 21.9 Å². The second kappa shape index (κ2) is 9.95. The molecule has 1 aliphatic rings. The van der Waals surface area contributed by atoms with Crippen LogP contribution in [0.15, 0.2) is 109 Å². The molecule has 6 heteroatoms. The SMILES string of the molecule is [C-]#[N+]C(=C1C=C(c2ccc(N(c3cccc(C)c3)c3cccc(C)c3)cc2)Oc2ccccc21)C(F)(F)F. The zero-order valence-corrected chi connectivity index (χ0v) is 20.8. The van der Waals surface area contributed by atoms with Crippen molar-refractivity contribution in [1.82, 2.24) is 0 Å². The van der Waals surface area contributed by atoms with Crippen molar-refractivity contribution in [2.24, 2.45) is 0 Å². The summed E-state index contributed by atoms with van der Waals surface area (Å²) in [6.45, 7) is 11.3. The van der Waals surface area contributed by atoms with Gasteiger partial charge in [-0.05, 0) is 85.6 Å². The molecule has 0 atom stereocenters. The van der Waals surface area contributed by atoms with Crippen LogP contribution in [-0.2, 0) is 0 Å². The van der Waals surface area contributed by atoms with E-state index in [1.54, 1.807) is 18.2 Å². The summed E-state index contributed by atoms with van der Waals surface area (Å²) in [6, 6.07) is 30.2. The van der Waals surface area contributed by atoms with E-state index in [-0.39, 0.29) is 22.6 Å². The molecule has 0 saturated carbocycles. The fraction of sp³-hybridized carbons (Fsp3) is 0.0938. The molecule has 1 aliphatic heterocycles. The van der Waals surface area contributed by atoms with Gasteiger partial charge < -0.3 is 9.64 Å². The summed E-state index contributed by atoms with van der Waals surface area (Å²) in [5.74, 6) is 0.518. The summed E-state index contributed by atoms with van der Waals surface area (Å²) in [6.07, 6.45) is -3.48. The summed E-state index contributed by atoms with van der Waals surface area (Å²) >= 11 is 0. The molecule has 0 unspecified atom stereocenters. The Balaban J connectivity index is 1.59. The summed E-state index contributed by atoms with van der Waals surface area (Å²) < 4.78 is 47.1. The number of alkyl halides is 3. The fourth-order valence-corrected chi connectivity index (χ4v) is 4.51. The number of allylic oxidation sites excluding steroid dienone is 3. The molecule has 5 rings (SSSR count). The Morgan fingerprint density at radius 2 is 1.37 bits per heavy atom. The smallest absolute Gasteiger partial charge is 0.420 e. The Morgan fingerprint density at radius 3 is 1.92 bits per heavy atom. The van der Waals surface area contributed by atoms with Crippen LogP contribution in [0.5, 0.6) is 5.75 Å². The predicted molar refractivity (Wildman–Crippen MR) is 145 cm³/mol. The second-order valence-electron chi connectivity index (χ2n) is 9.04. The van der Waals surface area contributed by atoms with Crippen LogP contribution in [0.2, 0.25) is 0 Å². The molecule has 0 radical (unpaired) electrons. The van der Waals surface area contributed by atoms with Crippen molar-refractivity contribution in [3.63, 3.8) is 0 Å². The van der Waals surface area contributed by atoms with Crippen molar-refractivity contribution >= 4 is 28.4 Å². The average Bonchev–Trinajstić information content (AvgIpc) is 2.89. The van der Waals surface area contributed by atoms with Gasteiger partial charge in [-0.3, -0.25) is 0 Å². The Labute approximate surface area is 219 Å². The van der Waals surface area contributed by atoms with Crippen LogP contribution in [0.4, 0.5) is 30.2 Å². The Bertz CT molecular complexity index is 1560. The van der Waals surface area contributed by atoms with E-state index in [1.807, 2.05) is 74.5 Å². The monoisotopic (exact) mass is 508 g/mol. The number of benzene rings is 4. The highest BCUT2D eigenvalue weighted by atomic mass is 19.4. The van der Waals surface area contributed by atoms with Gasteiger partial charge in [-0.1, -0.05) is 42.5 Å². The molecule has 0 aromatic heterocycles. The van der Waals surface area contributed by atoms with Gasteiger partial charge in [-0.25, -0.2) is 4.85 Å². The number of anilines is 3. The fourth-order valence-electron chi connectivity index (χ4n) is 4.51. The highest BCUT2D eigenvalue weighted by Crippen LogP contribution is 2.43. The van der Waals surface area contributed by atoms with E-state index in [1.165, 1.54) is 12.1 Å². The van der Waals surface area contributed by atoms with Crippen LogP contribution >= 0.6 is 0 Å². The summed E-state index contributed by atoms with van der Waals surface area (Å²) in [5, 5.41) is 0. The lowest BCUT2D eigenvalue weighted by molar-refractivity contribution is -0.0878. The summed E-state index contributed by atoms with van der Waals surface area (Å²) in [5.41, 5.74) is 4.47. The quantitative estimate of drug-likeness (QED) is 0.255. The van der Waals surface area contributed by atoms with Crippen molar-refractivity contribution in [3.05, 3.63) is 143 Å². The van der Waals surface area contributed by atoms with Crippen LogP contribution in [0, 0.1) is 20.4 Å². The largest absolute Gasteiger partial charge is 0.456 e. The molecule has 4 aromatic carbocycles. The molecule has 188 valence electrons. The van der Waals surface area contributed by atoms with Gasteiger partial charge in [0.15, 0.2) is 0 Å². The normalized spacial score (nSPS) is 14.1. The van der Waals surface area contributed by atoms with Gasteiger partial charge in [-0.15, -0.1) is 0 Å². The molecule has 0 saturated heterocycles. The lowest BCUT2D eigenvalue weighted by Gasteiger charge is -2.27. The number of rotatable bonds is 4. The third-order valence-electron chi connectivity index (χ3n) is 6.24. The summed E-state index contributed by atoms with van der Waals surface area (Å²) in [4.78, 5) is 4.95. The number of hydrogen-bond acceptors (Lipinski definition) is 2. The molecule has 0 aliphatic carbocycles. The molecule has 3 nitrogen and oxygen atoms in total. The van der Waals surface area contributed by atoms with Gasteiger partial charge in [-0.2, -0.15) is 13.2 Å². The highest BCUT2D eigenvalue weighted by Gasteiger charge is 2.39. The van der Waals surface area contributed by atoms with E-state index in [4.69, 9.17) is 11.3 Å². The van der Waals surface area contributed by atoms with Gasteiger partial charge in [0, 0.05) is 33.8 Å². The van der Waals surface area contributed by atoms with Gasteiger partial charge in [0.1, 0.15) is 11.5 Å². The number of hydrogen-bond donors (Lipinski definition) is 0. The molecule has 1 heterocycles. The maximum Gasteiger partial charge on any atom is 0.420 e. The maximum absolute atomic E-state index is 13.7. The van der Waals surface area contributed by atoms with Gasteiger partial charge >= 0.3 is 6.18 Å². The van der Waals surface area contributed by atoms with Crippen molar-refractivity contribution in [2.45, 2.75) is 20.0 Å². The van der Waals surface area contributed by atoms with Crippen molar-refractivity contribution in [3.8, 4) is 5.75 Å². The minimum Gasteiger partial charge on any atom is -0.456 e. The van der Waals surface area contributed by atoms with E-state index < -0.39 is 11.9 Å². The van der Waals surface area contributed by atoms with Crippen LogP contribution in [0.1, 0.15) is 22.3 Å². The number of fused-ring (bicyclic) bond motifs is 1. The molecule has 0 N–H and O–H groups in total.